The van der Waals surface area contributed by atoms with Crippen LogP contribution in [0.25, 0.3) is 10.8 Å². The first-order valence-electron chi connectivity index (χ1n) is 5.34. The number of hydrogen-bond donors (Lipinski definition) is 1. The van der Waals surface area contributed by atoms with Crippen molar-refractivity contribution in [2.45, 2.75) is 6.04 Å². The molecule has 1 atom stereocenters. The standard InChI is InChI=1S/C10H9Br2N3O2S/c11-5-3-7(18-8(5)12)10-14-9(15-17-10)6-4-16-2-1-13-6/h3,6,13H,1-2,4H2. The molecular formula is C10H9Br2N3O2S. The van der Waals surface area contributed by atoms with Crippen LogP contribution in [0.4, 0.5) is 0 Å². The van der Waals surface area contributed by atoms with Crippen LogP contribution >= 0.6 is 43.2 Å². The number of hydrogen-bond acceptors (Lipinski definition) is 6. The van der Waals surface area contributed by atoms with Gasteiger partial charge < -0.3 is 14.6 Å². The maximum Gasteiger partial charge on any atom is 0.268 e. The third kappa shape index (κ3) is 2.53. The number of nitrogens with one attached hydrogen (secondary N) is 1. The van der Waals surface area contributed by atoms with E-state index in [9.17, 15) is 0 Å². The Hall–Kier alpha value is -0.280. The zero-order valence-electron chi connectivity index (χ0n) is 9.15. The molecule has 96 valence electrons. The van der Waals surface area contributed by atoms with Gasteiger partial charge in [-0.1, -0.05) is 5.16 Å². The quantitative estimate of drug-likeness (QED) is 0.848. The summed E-state index contributed by atoms with van der Waals surface area (Å²) in [6.45, 7) is 2.12. The predicted molar refractivity (Wildman–Crippen MR) is 74.6 cm³/mol. The molecule has 2 aromatic rings. The summed E-state index contributed by atoms with van der Waals surface area (Å²) in [7, 11) is 0. The van der Waals surface area contributed by atoms with Gasteiger partial charge in [-0.2, -0.15) is 4.98 Å². The van der Waals surface area contributed by atoms with Gasteiger partial charge in [-0.15, -0.1) is 11.3 Å². The first-order valence-corrected chi connectivity index (χ1v) is 7.74. The van der Waals surface area contributed by atoms with Gasteiger partial charge in [0, 0.05) is 11.0 Å². The Balaban J connectivity index is 1.84. The second-order valence-electron chi connectivity index (χ2n) is 3.77. The number of morpholine rings is 1. The van der Waals surface area contributed by atoms with Gasteiger partial charge in [-0.25, -0.2) is 0 Å². The zero-order chi connectivity index (χ0) is 12.5. The second kappa shape index (κ2) is 5.38. The highest BCUT2D eigenvalue weighted by Gasteiger charge is 2.22. The normalized spacial score (nSPS) is 20.2. The Bertz CT molecular complexity index is 532. The molecule has 8 heteroatoms. The molecule has 0 amide bonds. The van der Waals surface area contributed by atoms with Crippen molar-refractivity contribution in [3.8, 4) is 10.8 Å². The van der Waals surface area contributed by atoms with Crippen molar-refractivity contribution >= 4 is 43.2 Å². The summed E-state index contributed by atoms with van der Waals surface area (Å²) in [4.78, 5) is 5.34. The fourth-order valence-corrected chi connectivity index (χ4v) is 3.62. The van der Waals surface area contributed by atoms with Gasteiger partial charge in [0.1, 0.15) is 0 Å². The monoisotopic (exact) mass is 393 g/mol. The van der Waals surface area contributed by atoms with Crippen LogP contribution in [0, 0.1) is 0 Å². The van der Waals surface area contributed by atoms with Gasteiger partial charge in [0.25, 0.3) is 5.89 Å². The molecular weight excluding hydrogens is 386 g/mol. The molecule has 1 unspecified atom stereocenters. The first kappa shape index (κ1) is 12.7. The lowest BCUT2D eigenvalue weighted by molar-refractivity contribution is 0.0734. The van der Waals surface area contributed by atoms with E-state index in [4.69, 9.17) is 9.26 Å². The van der Waals surface area contributed by atoms with E-state index >= 15 is 0 Å². The summed E-state index contributed by atoms with van der Waals surface area (Å²) in [5.74, 6) is 1.18. The van der Waals surface area contributed by atoms with Gasteiger partial charge in [0.15, 0.2) is 5.82 Å². The molecule has 3 heterocycles. The highest BCUT2D eigenvalue weighted by atomic mass is 79.9. The molecule has 0 radical (unpaired) electrons. The van der Waals surface area contributed by atoms with E-state index in [1.807, 2.05) is 6.07 Å². The zero-order valence-corrected chi connectivity index (χ0v) is 13.1. The molecule has 0 spiro atoms. The van der Waals surface area contributed by atoms with E-state index in [0.717, 1.165) is 26.3 Å². The lowest BCUT2D eigenvalue weighted by Gasteiger charge is -2.20. The van der Waals surface area contributed by atoms with Gasteiger partial charge in [-0.05, 0) is 37.9 Å². The minimum absolute atomic E-state index is 0.0168. The minimum atomic E-state index is 0.0168. The van der Waals surface area contributed by atoms with E-state index in [0.29, 0.717) is 18.3 Å². The van der Waals surface area contributed by atoms with E-state index in [1.54, 1.807) is 11.3 Å². The Kier molecular flexibility index (Phi) is 3.81. The highest BCUT2D eigenvalue weighted by Crippen LogP contribution is 2.37. The molecule has 0 aromatic carbocycles. The smallest absolute Gasteiger partial charge is 0.268 e. The summed E-state index contributed by atoms with van der Waals surface area (Å²) in [5.41, 5.74) is 0. The lowest BCUT2D eigenvalue weighted by atomic mass is 10.2. The van der Waals surface area contributed by atoms with Gasteiger partial charge in [-0.3, -0.25) is 0 Å². The van der Waals surface area contributed by atoms with E-state index < -0.39 is 0 Å². The number of rotatable bonds is 2. The minimum Gasteiger partial charge on any atom is -0.378 e. The summed E-state index contributed by atoms with van der Waals surface area (Å²) in [6, 6.07) is 1.97. The molecule has 1 aliphatic rings. The van der Waals surface area contributed by atoms with E-state index in [1.165, 1.54) is 0 Å². The molecule has 0 saturated carbocycles. The van der Waals surface area contributed by atoms with Crippen LogP contribution in [0.1, 0.15) is 11.9 Å². The van der Waals surface area contributed by atoms with Crippen LogP contribution in [0.2, 0.25) is 0 Å². The molecule has 0 bridgehead atoms. The van der Waals surface area contributed by atoms with E-state index in [-0.39, 0.29) is 6.04 Å². The molecule has 3 rings (SSSR count). The summed E-state index contributed by atoms with van der Waals surface area (Å²) in [6.07, 6.45) is 0. The van der Waals surface area contributed by atoms with Gasteiger partial charge in [0.2, 0.25) is 0 Å². The van der Waals surface area contributed by atoms with Crippen molar-refractivity contribution in [2.24, 2.45) is 0 Å². The lowest BCUT2D eigenvalue weighted by Crippen LogP contribution is -2.35. The predicted octanol–water partition coefficient (Wildman–Crippen LogP) is 2.98. The van der Waals surface area contributed by atoms with Crippen molar-refractivity contribution in [2.75, 3.05) is 19.8 Å². The summed E-state index contributed by atoms with van der Waals surface area (Å²) in [5, 5.41) is 7.29. The van der Waals surface area contributed by atoms with Gasteiger partial charge >= 0.3 is 0 Å². The molecule has 1 N–H and O–H groups in total. The number of aromatic nitrogens is 2. The van der Waals surface area contributed by atoms with Crippen LogP contribution in [0.3, 0.4) is 0 Å². The third-order valence-electron chi connectivity index (χ3n) is 2.53. The van der Waals surface area contributed by atoms with Crippen LogP contribution in [-0.4, -0.2) is 29.9 Å². The molecule has 2 aromatic heterocycles. The average Bonchev–Trinajstić information content (AvgIpc) is 2.99. The average molecular weight is 395 g/mol. The van der Waals surface area contributed by atoms with Crippen molar-refractivity contribution < 1.29 is 9.26 Å². The topological polar surface area (TPSA) is 60.2 Å². The number of thiophene rings is 1. The highest BCUT2D eigenvalue weighted by molar-refractivity contribution is 9.13. The van der Waals surface area contributed by atoms with Crippen molar-refractivity contribution in [1.29, 1.82) is 0 Å². The summed E-state index contributed by atoms with van der Waals surface area (Å²) >= 11 is 8.43. The molecule has 5 nitrogen and oxygen atoms in total. The second-order valence-corrected chi connectivity index (χ2v) is 7.00. The maximum atomic E-state index is 5.38. The third-order valence-corrected chi connectivity index (χ3v) is 5.78. The number of nitrogens with zero attached hydrogens (tertiary/aromatic N) is 2. The SMILES string of the molecule is Brc1cc(-c2nc(C3COCCN3)no2)sc1Br. The molecule has 0 aliphatic carbocycles. The Morgan fingerprint density at radius 1 is 1.44 bits per heavy atom. The molecule has 1 saturated heterocycles. The Morgan fingerprint density at radius 3 is 3.00 bits per heavy atom. The Labute approximate surface area is 124 Å². The van der Waals surface area contributed by atoms with Gasteiger partial charge in [0.05, 0.1) is 27.9 Å². The van der Waals surface area contributed by atoms with E-state index in [2.05, 4.69) is 47.3 Å². The molecule has 1 aliphatic heterocycles. The van der Waals surface area contributed by atoms with Crippen molar-refractivity contribution in [3.63, 3.8) is 0 Å². The number of ether oxygens (including phenoxy) is 1. The molecule has 1 fully saturated rings. The van der Waals surface area contributed by atoms with Crippen LogP contribution in [0.15, 0.2) is 18.8 Å². The molecule has 18 heavy (non-hydrogen) atoms. The number of halogens is 2. The Morgan fingerprint density at radius 2 is 2.33 bits per heavy atom. The maximum absolute atomic E-state index is 5.38. The van der Waals surface area contributed by atoms with Crippen molar-refractivity contribution in [3.05, 3.63) is 20.1 Å². The summed E-state index contributed by atoms with van der Waals surface area (Å²) < 4.78 is 12.7. The van der Waals surface area contributed by atoms with Crippen molar-refractivity contribution in [1.82, 2.24) is 15.5 Å². The van der Waals surface area contributed by atoms with Crippen LogP contribution < -0.4 is 5.32 Å². The largest absolute Gasteiger partial charge is 0.378 e. The van der Waals surface area contributed by atoms with Crippen LogP contribution in [0.5, 0.6) is 0 Å². The first-order chi connectivity index (χ1) is 8.74. The fourth-order valence-electron chi connectivity index (χ4n) is 1.66. The fraction of sp³-hybridized carbons (Fsp3) is 0.400. The van der Waals surface area contributed by atoms with Crippen LogP contribution in [-0.2, 0) is 4.74 Å².